The van der Waals surface area contributed by atoms with Gasteiger partial charge in [0.15, 0.2) is 0 Å². The van der Waals surface area contributed by atoms with Gasteiger partial charge < -0.3 is 11.5 Å². The van der Waals surface area contributed by atoms with E-state index in [1.54, 1.807) is 0 Å². The summed E-state index contributed by atoms with van der Waals surface area (Å²) in [7, 11) is 0. The highest BCUT2D eigenvalue weighted by Crippen LogP contribution is 2.17. The van der Waals surface area contributed by atoms with E-state index in [0.717, 1.165) is 12.0 Å². The van der Waals surface area contributed by atoms with Crippen LogP contribution in [0.4, 0.5) is 0 Å². The molecule has 4 N–H and O–H groups in total. The van der Waals surface area contributed by atoms with Crippen LogP contribution in [0.5, 0.6) is 0 Å². The maximum absolute atomic E-state index is 6.04. The Labute approximate surface area is 86.3 Å². The molecule has 1 unspecified atom stereocenters. The Balaban J connectivity index is 2.82. The van der Waals surface area contributed by atoms with Crippen molar-refractivity contribution in [2.24, 2.45) is 11.5 Å². The zero-order chi connectivity index (χ0) is 10.6. The summed E-state index contributed by atoms with van der Waals surface area (Å²) >= 11 is 0. The molecule has 2 heteroatoms. The Hall–Kier alpha value is -0.860. The first-order valence-corrected chi connectivity index (χ1v) is 5.18. The van der Waals surface area contributed by atoms with Gasteiger partial charge in [0.2, 0.25) is 0 Å². The molecule has 0 heterocycles. The lowest BCUT2D eigenvalue weighted by Gasteiger charge is -2.23. The second kappa shape index (κ2) is 4.58. The minimum Gasteiger partial charge on any atom is -0.328 e. The first kappa shape index (κ1) is 11.2. The molecule has 1 rings (SSSR count). The van der Waals surface area contributed by atoms with Crippen LogP contribution < -0.4 is 11.5 Å². The molecule has 0 bridgehead atoms. The van der Waals surface area contributed by atoms with E-state index in [2.05, 4.69) is 31.2 Å². The van der Waals surface area contributed by atoms with Crippen molar-refractivity contribution in [1.82, 2.24) is 0 Å². The van der Waals surface area contributed by atoms with Gasteiger partial charge in [-0.05, 0) is 24.5 Å². The Morgan fingerprint density at radius 2 is 1.79 bits per heavy atom. The molecule has 0 amide bonds. The van der Waals surface area contributed by atoms with E-state index in [0.29, 0.717) is 6.54 Å². The summed E-state index contributed by atoms with van der Waals surface area (Å²) in [4.78, 5) is 0. The molecule has 2 nitrogen and oxygen atoms in total. The maximum Gasteiger partial charge on any atom is 0.0505 e. The van der Waals surface area contributed by atoms with Gasteiger partial charge in [0.05, 0.1) is 5.54 Å². The van der Waals surface area contributed by atoms with Crippen molar-refractivity contribution < 1.29 is 0 Å². The highest BCUT2D eigenvalue weighted by Gasteiger charge is 2.18. The lowest BCUT2D eigenvalue weighted by Crippen LogP contribution is -2.40. The van der Waals surface area contributed by atoms with E-state index in [1.807, 2.05) is 6.92 Å². The highest BCUT2D eigenvalue weighted by molar-refractivity contribution is 5.28. The number of benzene rings is 1. The van der Waals surface area contributed by atoms with Gasteiger partial charge in [-0.15, -0.1) is 0 Å². The molecule has 0 saturated carbocycles. The van der Waals surface area contributed by atoms with Gasteiger partial charge in [-0.25, -0.2) is 0 Å². The Morgan fingerprint density at radius 3 is 2.21 bits per heavy atom. The molecule has 0 spiro atoms. The van der Waals surface area contributed by atoms with E-state index < -0.39 is 5.54 Å². The molecule has 1 aromatic carbocycles. The van der Waals surface area contributed by atoms with Crippen LogP contribution in [-0.4, -0.2) is 6.54 Å². The van der Waals surface area contributed by atoms with Crippen molar-refractivity contribution >= 4 is 0 Å². The summed E-state index contributed by atoms with van der Waals surface area (Å²) < 4.78 is 0. The summed E-state index contributed by atoms with van der Waals surface area (Å²) in [5, 5.41) is 0. The number of hydrogen-bond acceptors (Lipinski definition) is 2. The Morgan fingerprint density at radius 1 is 1.21 bits per heavy atom. The van der Waals surface area contributed by atoms with Crippen molar-refractivity contribution in [3.05, 3.63) is 35.4 Å². The van der Waals surface area contributed by atoms with Crippen molar-refractivity contribution in [2.45, 2.75) is 32.2 Å². The summed E-state index contributed by atoms with van der Waals surface area (Å²) in [5.41, 5.74) is 13.7. The molecule has 1 atom stereocenters. The minimum atomic E-state index is -0.398. The van der Waals surface area contributed by atoms with Gasteiger partial charge in [0, 0.05) is 6.54 Å². The second-order valence-corrected chi connectivity index (χ2v) is 4.07. The first-order valence-electron chi connectivity index (χ1n) is 5.18. The predicted molar refractivity (Wildman–Crippen MR) is 61.0 cm³/mol. The largest absolute Gasteiger partial charge is 0.328 e. The predicted octanol–water partition coefficient (Wildman–Crippen LogP) is 1.77. The van der Waals surface area contributed by atoms with Crippen molar-refractivity contribution in [3.8, 4) is 0 Å². The number of nitrogens with two attached hydrogens (primary N) is 2. The average Bonchev–Trinajstić information content (AvgIpc) is 2.19. The summed E-state index contributed by atoms with van der Waals surface area (Å²) in [5.74, 6) is 0. The lowest BCUT2D eigenvalue weighted by atomic mass is 9.92. The number of aryl methyl sites for hydroxylation is 1. The van der Waals surface area contributed by atoms with Gasteiger partial charge in [-0.2, -0.15) is 0 Å². The zero-order valence-electron chi connectivity index (χ0n) is 9.09. The average molecular weight is 192 g/mol. The van der Waals surface area contributed by atoms with Crippen molar-refractivity contribution in [2.75, 3.05) is 6.54 Å². The second-order valence-electron chi connectivity index (χ2n) is 4.07. The van der Waals surface area contributed by atoms with E-state index >= 15 is 0 Å². The molecule has 0 saturated heterocycles. The van der Waals surface area contributed by atoms with Crippen LogP contribution in [0.3, 0.4) is 0 Å². The lowest BCUT2D eigenvalue weighted by molar-refractivity contribution is 0.507. The fourth-order valence-corrected chi connectivity index (χ4v) is 1.46. The van der Waals surface area contributed by atoms with Crippen LogP contribution in [0.1, 0.15) is 31.4 Å². The SMILES string of the molecule is CCCc1ccc(C(C)(N)CN)cc1. The Bertz CT molecular complexity index is 275. The van der Waals surface area contributed by atoms with Gasteiger partial charge >= 0.3 is 0 Å². The van der Waals surface area contributed by atoms with Crippen LogP contribution in [0.25, 0.3) is 0 Å². The number of rotatable bonds is 4. The van der Waals surface area contributed by atoms with Crippen LogP contribution >= 0.6 is 0 Å². The molecule has 78 valence electrons. The topological polar surface area (TPSA) is 52.0 Å². The fraction of sp³-hybridized carbons (Fsp3) is 0.500. The summed E-state index contributed by atoms with van der Waals surface area (Å²) in [6, 6.07) is 8.44. The molecule has 0 aromatic heterocycles. The molecular weight excluding hydrogens is 172 g/mol. The van der Waals surface area contributed by atoms with Gasteiger partial charge in [-0.1, -0.05) is 37.6 Å². The summed E-state index contributed by atoms with van der Waals surface area (Å²) in [6.07, 6.45) is 2.31. The monoisotopic (exact) mass is 192 g/mol. The van der Waals surface area contributed by atoms with E-state index in [1.165, 1.54) is 12.0 Å². The molecular formula is C12H20N2. The third-order valence-electron chi connectivity index (χ3n) is 2.58. The van der Waals surface area contributed by atoms with Crippen molar-refractivity contribution in [1.29, 1.82) is 0 Å². The summed E-state index contributed by atoms with van der Waals surface area (Å²) in [6.45, 7) is 4.61. The van der Waals surface area contributed by atoms with Crippen molar-refractivity contribution in [3.63, 3.8) is 0 Å². The zero-order valence-corrected chi connectivity index (χ0v) is 9.09. The third-order valence-corrected chi connectivity index (χ3v) is 2.58. The van der Waals surface area contributed by atoms with E-state index in [-0.39, 0.29) is 0 Å². The minimum absolute atomic E-state index is 0.398. The molecule has 0 fully saturated rings. The van der Waals surface area contributed by atoms with E-state index in [4.69, 9.17) is 11.5 Å². The van der Waals surface area contributed by atoms with Gasteiger partial charge in [-0.3, -0.25) is 0 Å². The molecule has 1 aromatic rings. The highest BCUT2D eigenvalue weighted by atomic mass is 14.8. The smallest absolute Gasteiger partial charge is 0.0505 e. The van der Waals surface area contributed by atoms with E-state index in [9.17, 15) is 0 Å². The molecule has 0 aliphatic heterocycles. The third kappa shape index (κ3) is 2.56. The fourth-order valence-electron chi connectivity index (χ4n) is 1.46. The maximum atomic E-state index is 6.04. The van der Waals surface area contributed by atoms with Crippen LogP contribution in [0.15, 0.2) is 24.3 Å². The number of hydrogen-bond donors (Lipinski definition) is 2. The molecule has 14 heavy (non-hydrogen) atoms. The Kier molecular flexibility index (Phi) is 3.67. The van der Waals surface area contributed by atoms with Gasteiger partial charge in [0.1, 0.15) is 0 Å². The van der Waals surface area contributed by atoms with Gasteiger partial charge in [0.25, 0.3) is 0 Å². The molecule has 0 aliphatic rings. The van der Waals surface area contributed by atoms with Crippen LogP contribution in [0, 0.1) is 0 Å². The molecule has 0 radical (unpaired) electrons. The van der Waals surface area contributed by atoms with Crippen LogP contribution in [-0.2, 0) is 12.0 Å². The normalized spacial score (nSPS) is 15.1. The first-order chi connectivity index (χ1) is 6.60. The molecule has 0 aliphatic carbocycles. The van der Waals surface area contributed by atoms with Crippen LogP contribution in [0.2, 0.25) is 0 Å². The standard InChI is InChI=1S/C12H20N2/c1-3-4-10-5-7-11(8-6-10)12(2,14)9-13/h5-8H,3-4,9,13-14H2,1-2H3. The quantitative estimate of drug-likeness (QED) is 0.764.